The molecule has 1 aliphatic heterocycles. The van der Waals surface area contributed by atoms with Crippen LogP contribution < -0.4 is 5.32 Å². The van der Waals surface area contributed by atoms with Gasteiger partial charge in [-0.3, -0.25) is 9.59 Å². The van der Waals surface area contributed by atoms with Crippen LogP contribution >= 0.6 is 0 Å². The molecule has 0 spiro atoms. The van der Waals surface area contributed by atoms with Crippen LogP contribution in [0.2, 0.25) is 0 Å². The van der Waals surface area contributed by atoms with E-state index < -0.39 is 23.4 Å². The molecule has 0 atom stereocenters. The molecule has 0 bridgehead atoms. The van der Waals surface area contributed by atoms with E-state index in [1.165, 1.54) is 17.0 Å². The molecule has 0 saturated carbocycles. The number of carbonyl (C=O) groups is 2. The van der Waals surface area contributed by atoms with Crippen molar-refractivity contribution in [3.05, 3.63) is 65.0 Å². The third-order valence-corrected chi connectivity index (χ3v) is 4.77. The van der Waals surface area contributed by atoms with Gasteiger partial charge in [0.15, 0.2) is 0 Å². The Bertz CT molecular complexity index is 878. The standard InChI is InChI=1S/C20H19F3N2O2/c1-12-2-3-15(22)11-18(12)24-19(26)13-6-8-25(9-7-13)20(27)16-5-4-14(21)10-17(16)23/h2-5,10-11,13H,6-9H2,1H3,(H,24,26). The van der Waals surface area contributed by atoms with Gasteiger partial charge in [-0.1, -0.05) is 6.07 Å². The summed E-state index contributed by atoms with van der Waals surface area (Å²) in [5.74, 6) is -3.16. The predicted molar refractivity (Wildman–Crippen MR) is 94.8 cm³/mol. The molecule has 7 heteroatoms. The molecule has 27 heavy (non-hydrogen) atoms. The molecule has 2 aromatic carbocycles. The van der Waals surface area contributed by atoms with Crippen LogP contribution in [0.4, 0.5) is 18.9 Å². The number of likely N-dealkylation sites (tertiary alicyclic amines) is 1. The van der Waals surface area contributed by atoms with Gasteiger partial charge in [-0.05, 0) is 49.6 Å². The van der Waals surface area contributed by atoms with Crippen LogP contribution in [0, 0.1) is 30.3 Å². The summed E-state index contributed by atoms with van der Waals surface area (Å²) in [7, 11) is 0. The lowest BCUT2D eigenvalue weighted by Crippen LogP contribution is -2.41. The molecule has 1 saturated heterocycles. The molecule has 2 aromatic rings. The summed E-state index contributed by atoms with van der Waals surface area (Å²) < 4.78 is 40.1. The zero-order valence-corrected chi connectivity index (χ0v) is 14.8. The van der Waals surface area contributed by atoms with Crippen molar-refractivity contribution in [2.75, 3.05) is 18.4 Å². The molecule has 0 aromatic heterocycles. The van der Waals surface area contributed by atoms with E-state index >= 15 is 0 Å². The van der Waals surface area contributed by atoms with Gasteiger partial charge in [0.25, 0.3) is 5.91 Å². The van der Waals surface area contributed by atoms with Gasteiger partial charge in [-0.2, -0.15) is 0 Å². The number of hydrogen-bond acceptors (Lipinski definition) is 2. The highest BCUT2D eigenvalue weighted by Gasteiger charge is 2.29. The maximum Gasteiger partial charge on any atom is 0.256 e. The zero-order valence-electron chi connectivity index (χ0n) is 14.8. The van der Waals surface area contributed by atoms with Crippen LogP contribution in [0.5, 0.6) is 0 Å². The van der Waals surface area contributed by atoms with Crippen molar-refractivity contribution in [3.63, 3.8) is 0 Å². The zero-order chi connectivity index (χ0) is 19.6. The van der Waals surface area contributed by atoms with E-state index in [2.05, 4.69) is 5.32 Å². The van der Waals surface area contributed by atoms with Crippen LogP contribution in [0.15, 0.2) is 36.4 Å². The smallest absolute Gasteiger partial charge is 0.256 e. The topological polar surface area (TPSA) is 49.4 Å². The van der Waals surface area contributed by atoms with Gasteiger partial charge >= 0.3 is 0 Å². The van der Waals surface area contributed by atoms with Gasteiger partial charge in [-0.25, -0.2) is 13.2 Å². The molecule has 1 aliphatic rings. The van der Waals surface area contributed by atoms with Crippen LogP contribution in [0.1, 0.15) is 28.8 Å². The Hall–Kier alpha value is -2.83. The molecule has 1 heterocycles. The second kappa shape index (κ2) is 7.82. The minimum atomic E-state index is -0.901. The number of benzene rings is 2. The average molecular weight is 376 g/mol. The maximum atomic E-state index is 13.8. The largest absolute Gasteiger partial charge is 0.339 e. The summed E-state index contributed by atoms with van der Waals surface area (Å²) in [6.07, 6.45) is 0.823. The Morgan fingerprint density at radius 1 is 1.00 bits per heavy atom. The van der Waals surface area contributed by atoms with Crippen molar-refractivity contribution in [3.8, 4) is 0 Å². The quantitative estimate of drug-likeness (QED) is 0.883. The van der Waals surface area contributed by atoms with Crippen molar-refractivity contribution in [2.45, 2.75) is 19.8 Å². The Kier molecular flexibility index (Phi) is 5.48. The van der Waals surface area contributed by atoms with E-state index in [1.807, 2.05) is 0 Å². The van der Waals surface area contributed by atoms with Crippen molar-refractivity contribution in [1.29, 1.82) is 0 Å². The van der Waals surface area contributed by atoms with E-state index in [1.54, 1.807) is 13.0 Å². The molecule has 1 N–H and O–H groups in total. The van der Waals surface area contributed by atoms with E-state index in [4.69, 9.17) is 0 Å². The predicted octanol–water partition coefficient (Wildman–Crippen LogP) is 3.90. The van der Waals surface area contributed by atoms with Crippen LogP contribution in [-0.2, 0) is 4.79 Å². The van der Waals surface area contributed by atoms with Gasteiger partial charge in [-0.15, -0.1) is 0 Å². The van der Waals surface area contributed by atoms with Gasteiger partial charge in [0, 0.05) is 30.8 Å². The average Bonchev–Trinajstić information content (AvgIpc) is 2.64. The first-order chi connectivity index (χ1) is 12.8. The van der Waals surface area contributed by atoms with Crippen molar-refractivity contribution in [1.82, 2.24) is 4.90 Å². The summed E-state index contributed by atoms with van der Waals surface area (Å²) in [4.78, 5) is 26.3. The third-order valence-electron chi connectivity index (χ3n) is 4.77. The first-order valence-electron chi connectivity index (χ1n) is 8.66. The number of nitrogens with one attached hydrogen (secondary N) is 1. The van der Waals surface area contributed by atoms with Gasteiger partial charge in [0.05, 0.1) is 5.56 Å². The second-order valence-corrected chi connectivity index (χ2v) is 6.64. The summed E-state index contributed by atoms with van der Waals surface area (Å²) in [6.45, 7) is 2.35. The molecular weight excluding hydrogens is 357 g/mol. The second-order valence-electron chi connectivity index (χ2n) is 6.64. The number of anilines is 1. The fourth-order valence-corrected chi connectivity index (χ4v) is 3.14. The van der Waals surface area contributed by atoms with E-state index in [9.17, 15) is 22.8 Å². The van der Waals surface area contributed by atoms with E-state index in [0.29, 0.717) is 24.6 Å². The molecule has 142 valence electrons. The van der Waals surface area contributed by atoms with Crippen molar-refractivity contribution < 1.29 is 22.8 Å². The number of aryl methyl sites for hydroxylation is 1. The van der Waals surface area contributed by atoms with Crippen molar-refractivity contribution in [2.24, 2.45) is 5.92 Å². The molecule has 0 radical (unpaired) electrons. The number of piperidine rings is 1. The lowest BCUT2D eigenvalue weighted by molar-refractivity contribution is -0.121. The molecule has 2 amide bonds. The number of hydrogen-bond donors (Lipinski definition) is 1. The van der Waals surface area contributed by atoms with Crippen molar-refractivity contribution >= 4 is 17.5 Å². The molecule has 3 rings (SSSR count). The van der Waals surface area contributed by atoms with Crippen LogP contribution in [0.25, 0.3) is 0 Å². The molecule has 1 fully saturated rings. The Labute approximate surface area is 155 Å². The maximum absolute atomic E-state index is 13.8. The molecular formula is C20H19F3N2O2. The monoisotopic (exact) mass is 376 g/mol. The first-order valence-corrected chi connectivity index (χ1v) is 8.66. The Morgan fingerprint density at radius 3 is 2.30 bits per heavy atom. The fourth-order valence-electron chi connectivity index (χ4n) is 3.14. The first kappa shape index (κ1) is 18.9. The summed E-state index contributed by atoms with van der Waals surface area (Å²) in [5, 5.41) is 2.73. The van der Waals surface area contributed by atoms with E-state index in [0.717, 1.165) is 17.7 Å². The van der Waals surface area contributed by atoms with Gasteiger partial charge in [0.1, 0.15) is 17.5 Å². The summed E-state index contributed by atoms with van der Waals surface area (Å²) >= 11 is 0. The number of amides is 2. The highest BCUT2D eigenvalue weighted by atomic mass is 19.1. The molecule has 4 nitrogen and oxygen atoms in total. The third kappa shape index (κ3) is 4.30. The summed E-state index contributed by atoms with van der Waals surface area (Å²) in [6, 6.07) is 7.02. The summed E-state index contributed by atoms with van der Waals surface area (Å²) in [5.41, 5.74) is 0.991. The van der Waals surface area contributed by atoms with E-state index in [-0.39, 0.29) is 30.5 Å². The number of halogens is 3. The van der Waals surface area contributed by atoms with Crippen LogP contribution in [0.3, 0.4) is 0 Å². The van der Waals surface area contributed by atoms with Gasteiger partial charge in [0.2, 0.25) is 5.91 Å². The minimum absolute atomic E-state index is 0.185. The fraction of sp³-hybridized carbons (Fsp3) is 0.300. The number of nitrogens with zero attached hydrogens (tertiary/aromatic N) is 1. The molecule has 0 unspecified atom stereocenters. The molecule has 0 aliphatic carbocycles. The number of rotatable bonds is 3. The number of carbonyl (C=O) groups excluding carboxylic acids is 2. The lowest BCUT2D eigenvalue weighted by Gasteiger charge is -2.31. The SMILES string of the molecule is Cc1ccc(F)cc1NC(=O)C1CCN(C(=O)c2ccc(F)cc2F)CC1. The highest BCUT2D eigenvalue weighted by Crippen LogP contribution is 2.23. The Balaban J connectivity index is 1.60. The normalized spacial score (nSPS) is 14.9. The lowest BCUT2D eigenvalue weighted by atomic mass is 9.95. The van der Waals surface area contributed by atoms with Gasteiger partial charge < -0.3 is 10.2 Å². The highest BCUT2D eigenvalue weighted by molar-refractivity contribution is 5.95. The van der Waals surface area contributed by atoms with Crippen LogP contribution in [-0.4, -0.2) is 29.8 Å². The minimum Gasteiger partial charge on any atom is -0.339 e. The Morgan fingerprint density at radius 2 is 1.63 bits per heavy atom.